The van der Waals surface area contributed by atoms with Gasteiger partial charge in [-0.05, 0) is 37.5 Å². The molecule has 158 valence electrons. The van der Waals surface area contributed by atoms with Crippen LogP contribution in [0.25, 0.3) is 0 Å². The minimum absolute atomic E-state index is 0. The third-order valence-electron chi connectivity index (χ3n) is 5.34. The number of β-amino-alcohol motifs (C(OH)–C–C–N with tert-alkyl or cyclic N) is 1. The van der Waals surface area contributed by atoms with Crippen LogP contribution < -0.4 is 10.6 Å². The van der Waals surface area contributed by atoms with E-state index in [1.165, 1.54) is 0 Å². The van der Waals surface area contributed by atoms with Crippen LogP contribution in [0.15, 0.2) is 18.2 Å². The molecule has 3 N–H and O–H groups in total. The zero-order valence-corrected chi connectivity index (χ0v) is 17.9. The van der Waals surface area contributed by atoms with E-state index in [0.29, 0.717) is 45.7 Å². The van der Waals surface area contributed by atoms with Crippen molar-refractivity contribution in [3.05, 3.63) is 29.3 Å². The number of anilines is 1. The molecule has 1 aromatic rings. The second-order valence-electron chi connectivity index (χ2n) is 7.25. The van der Waals surface area contributed by atoms with Crippen molar-refractivity contribution in [3.63, 3.8) is 0 Å². The highest BCUT2D eigenvalue weighted by Crippen LogP contribution is 2.18. The van der Waals surface area contributed by atoms with Gasteiger partial charge in [0.15, 0.2) is 0 Å². The Labute approximate surface area is 178 Å². The maximum absolute atomic E-state index is 12.4. The van der Waals surface area contributed by atoms with Gasteiger partial charge in [0.05, 0.1) is 18.7 Å². The molecule has 2 heterocycles. The molecule has 0 aromatic heterocycles. The van der Waals surface area contributed by atoms with Crippen LogP contribution in [0.4, 0.5) is 5.69 Å². The van der Waals surface area contributed by atoms with E-state index in [4.69, 9.17) is 0 Å². The van der Waals surface area contributed by atoms with Gasteiger partial charge < -0.3 is 20.6 Å². The van der Waals surface area contributed by atoms with Crippen LogP contribution in [-0.4, -0.2) is 78.1 Å². The van der Waals surface area contributed by atoms with Crippen LogP contribution >= 0.6 is 24.8 Å². The highest BCUT2D eigenvalue weighted by atomic mass is 35.5. The summed E-state index contributed by atoms with van der Waals surface area (Å²) in [4.78, 5) is 28.7. The molecule has 2 aliphatic rings. The molecule has 0 aliphatic carbocycles. The first-order valence-corrected chi connectivity index (χ1v) is 9.22. The van der Waals surface area contributed by atoms with Crippen molar-refractivity contribution in [2.24, 2.45) is 0 Å². The molecule has 0 radical (unpaired) electrons. The van der Waals surface area contributed by atoms with E-state index >= 15 is 0 Å². The quantitative estimate of drug-likeness (QED) is 0.659. The van der Waals surface area contributed by atoms with E-state index in [1.807, 2.05) is 36.9 Å². The largest absolute Gasteiger partial charge is 0.392 e. The Morgan fingerprint density at radius 3 is 2.46 bits per heavy atom. The fourth-order valence-electron chi connectivity index (χ4n) is 3.53. The number of benzene rings is 1. The summed E-state index contributed by atoms with van der Waals surface area (Å²) in [5, 5.41) is 15.6. The molecule has 2 atom stereocenters. The maximum atomic E-state index is 12.4. The minimum atomic E-state index is -0.431. The molecular formula is C19H30Cl2N4O3. The van der Waals surface area contributed by atoms with Gasteiger partial charge in [-0.2, -0.15) is 0 Å². The number of carbonyl (C=O) groups excluding carboxylic acids is 2. The van der Waals surface area contributed by atoms with E-state index < -0.39 is 6.10 Å². The molecule has 2 fully saturated rings. The summed E-state index contributed by atoms with van der Waals surface area (Å²) in [7, 11) is 0. The Balaban J connectivity index is 0.00000196. The third-order valence-corrected chi connectivity index (χ3v) is 5.34. The number of aliphatic hydroxyl groups excluding tert-OH is 1. The molecule has 0 bridgehead atoms. The van der Waals surface area contributed by atoms with E-state index in [9.17, 15) is 14.7 Å². The standard InChI is InChI=1S/C19H28N4O3.2ClH/c1-13-4-3-5-16(14(13)2)21-18(25)12-22-6-8-23(9-7-22)19(26)17-10-15(24)11-20-17;;/h3-5,15,17,20,24H,6-12H2,1-2H3,(H,21,25);2*1H. The van der Waals surface area contributed by atoms with Crippen molar-refractivity contribution >= 4 is 42.3 Å². The summed E-state index contributed by atoms with van der Waals surface area (Å²) in [5.41, 5.74) is 3.10. The SMILES string of the molecule is Cc1cccc(NC(=O)CN2CCN(C(=O)C3CC(O)CN3)CC2)c1C.Cl.Cl. The van der Waals surface area contributed by atoms with Crippen molar-refractivity contribution in [1.82, 2.24) is 15.1 Å². The Morgan fingerprint density at radius 2 is 1.86 bits per heavy atom. The van der Waals surface area contributed by atoms with Crippen LogP contribution in [0.3, 0.4) is 0 Å². The lowest BCUT2D eigenvalue weighted by atomic mass is 10.1. The highest BCUT2D eigenvalue weighted by molar-refractivity contribution is 5.93. The van der Waals surface area contributed by atoms with Gasteiger partial charge in [-0.25, -0.2) is 0 Å². The normalized spacial score (nSPS) is 22.2. The number of nitrogens with zero attached hydrogens (tertiary/aromatic N) is 2. The number of rotatable bonds is 4. The fraction of sp³-hybridized carbons (Fsp3) is 0.579. The number of hydrogen-bond acceptors (Lipinski definition) is 5. The van der Waals surface area contributed by atoms with Crippen molar-refractivity contribution in [3.8, 4) is 0 Å². The molecule has 0 spiro atoms. The van der Waals surface area contributed by atoms with Crippen LogP contribution in [-0.2, 0) is 9.59 Å². The van der Waals surface area contributed by atoms with E-state index in [1.54, 1.807) is 0 Å². The summed E-state index contributed by atoms with van der Waals surface area (Å²) in [6.45, 7) is 7.43. The number of amides is 2. The van der Waals surface area contributed by atoms with Gasteiger partial charge in [-0.1, -0.05) is 12.1 Å². The molecule has 2 saturated heterocycles. The van der Waals surface area contributed by atoms with Gasteiger partial charge >= 0.3 is 0 Å². The van der Waals surface area contributed by atoms with Crippen molar-refractivity contribution < 1.29 is 14.7 Å². The highest BCUT2D eigenvalue weighted by Gasteiger charge is 2.32. The van der Waals surface area contributed by atoms with Gasteiger partial charge in [0.25, 0.3) is 0 Å². The third kappa shape index (κ3) is 6.06. The molecular weight excluding hydrogens is 403 g/mol. The second-order valence-corrected chi connectivity index (χ2v) is 7.25. The zero-order valence-electron chi connectivity index (χ0n) is 16.3. The topological polar surface area (TPSA) is 84.9 Å². The number of carbonyl (C=O) groups is 2. The first kappa shape index (κ1) is 24.7. The first-order chi connectivity index (χ1) is 12.4. The molecule has 2 amide bonds. The van der Waals surface area contributed by atoms with Crippen molar-refractivity contribution in [1.29, 1.82) is 0 Å². The number of halogens is 2. The smallest absolute Gasteiger partial charge is 0.239 e. The molecule has 1 aromatic carbocycles. The van der Waals surface area contributed by atoms with E-state index in [-0.39, 0.29) is 42.7 Å². The number of hydrogen-bond donors (Lipinski definition) is 3. The molecule has 7 nitrogen and oxygen atoms in total. The average Bonchev–Trinajstić information content (AvgIpc) is 3.05. The van der Waals surface area contributed by atoms with E-state index in [2.05, 4.69) is 15.5 Å². The Morgan fingerprint density at radius 1 is 1.18 bits per heavy atom. The Bertz CT molecular complexity index is 681. The van der Waals surface area contributed by atoms with E-state index in [0.717, 1.165) is 16.8 Å². The van der Waals surface area contributed by atoms with Gasteiger partial charge in [0.1, 0.15) is 0 Å². The molecule has 9 heteroatoms. The second kappa shape index (κ2) is 11.0. The first-order valence-electron chi connectivity index (χ1n) is 9.22. The van der Waals surface area contributed by atoms with Crippen molar-refractivity contribution in [2.45, 2.75) is 32.4 Å². The van der Waals surface area contributed by atoms with Gasteiger partial charge in [-0.15, -0.1) is 24.8 Å². The number of aliphatic hydroxyl groups is 1. The monoisotopic (exact) mass is 432 g/mol. The lowest BCUT2D eigenvalue weighted by molar-refractivity contribution is -0.135. The lowest BCUT2D eigenvalue weighted by Crippen LogP contribution is -2.54. The number of nitrogens with one attached hydrogen (secondary N) is 2. The Hall–Kier alpha value is -1.38. The molecule has 0 saturated carbocycles. The van der Waals surface area contributed by atoms with Crippen LogP contribution in [0, 0.1) is 13.8 Å². The molecule has 2 aliphatic heterocycles. The maximum Gasteiger partial charge on any atom is 0.239 e. The molecule has 3 rings (SSSR count). The van der Waals surface area contributed by atoms with Crippen LogP contribution in [0.5, 0.6) is 0 Å². The molecule has 28 heavy (non-hydrogen) atoms. The van der Waals surface area contributed by atoms with Gasteiger partial charge in [-0.3, -0.25) is 14.5 Å². The zero-order chi connectivity index (χ0) is 18.7. The summed E-state index contributed by atoms with van der Waals surface area (Å²) in [5.74, 6) is 0.0279. The van der Waals surface area contributed by atoms with Gasteiger partial charge in [0, 0.05) is 38.4 Å². The average molecular weight is 433 g/mol. The Kier molecular flexibility index (Phi) is 9.66. The summed E-state index contributed by atoms with van der Waals surface area (Å²) < 4.78 is 0. The predicted octanol–water partition coefficient (Wildman–Crippen LogP) is 0.953. The minimum Gasteiger partial charge on any atom is -0.392 e. The summed E-state index contributed by atoms with van der Waals surface area (Å²) in [6, 6.07) is 5.61. The van der Waals surface area contributed by atoms with Gasteiger partial charge in [0.2, 0.25) is 11.8 Å². The number of aryl methyl sites for hydroxylation is 1. The summed E-state index contributed by atoms with van der Waals surface area (Å²) >= 11 is 0. The number of piperazine rings is 1. The summed E-state index contributed by atoms with van der Waals surface area (Å²) in [6.07, 6.45) is 0.0520. The predicted molar refractivity (Wildman–Crippen MR) is 114 cm³/mol. The van der Waals surface area contributed by atoms with Crippen LogP contribution in [0.2, 0.25) is 0 Å². The van der Waals surface area contributed by atoms with Crippen molar-refractivity contribution in [2.75, 3.05) is 44.6 Å². The molecule has 2 unspecified atom stereocenters. The fourth-order valence-corrected chi connectivity index (χ4v) is 3.53. The lowest BCUT2D eigenvalue weighted by Gasteiger charge is -2.35. The van der Waals surface area contributed by atoms with Crippen LogP contribution in [0.1, 0.15) is 17.5 Å².